The Balaban J connectivity index is 2.76. The highest BCUT2D eigenvalue weighted by molar-refractivity contribution is 8.00. The molecule has 0 fully saturated rings. The number of thioether (sulfide) groups is 1. The Kier molecular flexibility index (Phi) is 4.77. The van der Waals surface area contributed by atoms with Crippen LogP contribution in [0.15, 0.2) is 23.1 Å². The van der Waals surface area contributed by atoms with Crippen molar-refractivity contribution in [2.75, 3.05) is 11.5 Å². The van der Waals surface area contributed by atoms with Crippen LogP contribution in [0.2, 0.25) is 0 Å². The largest absolute Gasteiger partial charge is 0.459 e. The summed E-state index contributed by atoms with van der Waals surface area (Å²) in [5, 5.41) is 10.9. The molecule has 19 heavy (non-hydrogen) atoms. The molecule has 0 amide bonds. The molecule has 0 atom stereocenters. The summed E-state index contributed by atoms with van der Waals surface area (Å²) in [6.45, 7) is 5.29. The second kappa shape index (κ2) is 5.92. The van der Waals surface area contributed by atoms with Gasteiger partial charge in [-0.3, -0.25) is 14.9 Å². The minimum atomic E-state index is -0.570. The molecule has 0 aliphatic carbocycles. The fraction of sp³-hybridized carbons (Fsp3) is 0.417. The van der Waals surface area contributed by atoms with E-state index in [0.717, 1.165) is 11.8 Å². The number of rotatable bonds is 4. The predicted molar refractivity (Wildman–Crippen MR) is 74.1 cm³/mol. The molecule has 7 heteroatoms. The van der Waals surface area contributed by atoms with Crippen molar-refractivity contribution >= 4 is 29.1 Å². The van der Waals surface area contributed by atoms with Gasteiger partial charge in [-0.05, 0) is 32.9 Å². The highest BCUT2D eigenvalue weighted by Crippen LogP contribution is 2.33. The number of hydrogen-bond acceptors (Lipinski definition) is 6. The van der Waals surface area contributed by atoms with Gasteiger partial charge in [0.1, 0.15) is 11.3 Å². The van der Waals surface area contributed by atoms with E-state index in [0.29, 0.717) is 4.90 Å². The summed E-state index contributed by atoms with van der Waals surface area (Å²) in [6.07, 6.45) is 0. The van der Waals surface area contributed by atoms with Crippen molar-refractivity contribution in [1.82, 2.24) is 0 Å². The lowest BCUT2D eigenvalue weighted by molar-refractivity contribution is -0.386. The Labute approximate surface area is 115 Å². The lowest BCUT2D eigenvalue weighted by atomic mass is 10.2. The minimum Gasteiger partial charge on any atom is -0.459 e. The van der Waals surface area contributed by atoms with Gasteiger partial charge in [-0.25, -0.2) is 0 Å². The van der Waals surface area contributed by atoms with Crippen LogP contribution in [0.25, 0.3) is 0 Å². The van der Waals surface area contributed by atoms with E-state index in [1.165, 1.54) is 6.07 Å². The molecule has 1 aromatic carbocycles. The second-order valence-corrected chi connectivity index (χ2v) is 5.84. The molecular weight excluding hydrogens is 268 g/mol. The Hall–Kier alpha value is -1.76. The van der Waals surface area contributed by atoms with E-state index in [1.807, 2.05) is 0 Å². The average Bonchev–Trinajstić information content (AvgIpc) is 2.23. The maximum atomic E-state index is 11.6. The lowest BCUT2D eigenvalue weighted by Crippen LogP contribution is -2.24. The zero-order valence-corrected chi connectivity index (χ0v) is 11.8. The molecule has 2 N–H and O–H groups in total. The van der Waals surface area contributed by atoms with Crippen LogP contribution in [0.3, 0.4) is 0 Å². The molecule has 0 bridgehead atoms. The minimum absolute atomic E-state index is 0.00155. The standard InChI is InChI=1S/C12H16N2O4S/c1-12(2,3)18-10(15)7-19-9-6-4-5-8(13)11(9)14(16)17/h4-6H,7,13H2,1-3H3. The SMILES string of the molecule is CC(C)(C)OC(=O)CSc1cccc(N)c1[N+](=O)[O-]. The Morgan fingerprint density at radius 2 is 2.11 bits per heavy atom. The van der Waals surface area contributed by atoms with Gasteiger partial charge in [0.2, 0.25) is 0 Å². The van der Waals surface area contributed by atoms with Gasteiger partial charge in [-0.15, -0.1) is 11.8 Å². The first-order valence-electron chi connectivity index (χ1n) is 5.58. The second-order valence-electron chi connectivity index (χ2n) is 4.83. The zero-order valence-electron chi connectivity index (χ0n) is 11.0. The number of nitro benzene ring substituents is 1. The Morgan fingerprint density at radius 3 is 2.63 bits per heavy atom. The summed E-state index contributed by atoms with van der Waals surface area (Å²) in [6, 6.07) is 4.62. The summed E-state index contributed by atoms with van der Waals surface area (Å²) in [7, 11) is 0. The van der Waals surface area contributed by atoms with Crippen LogP contribution in [0.4, 0.5) is 11.4 Å². The van der Waals surface area contributed by atoms with Crippen LogP contribution < -0.4 is 5.73 Å². The summed E-state index contributed by atoms with van der Waals surface area (Å²) in [5.74, 6) is -0.420. The van der Waals surface area contributed by atoms with Crippen LogP contribution in [-0.2, 0) is 9.53 Å². The van der Waals surface area contributed by atoms with Crippen molar-refractivity contribution in [3.63, 3.8) is 0 Å². The van der Waals surface area contributed by atoms with Crippen LogP contribution in [0.1, 0.15) is 20.8 Å². The number of nitro groups is 1. The number of carbonyl (C=O) groups is 1. The fourth-order valence-electron chi connectivity index (χ4n) is 1.36. The molecule has 6 nitrogen and oxygen atoms in total. The zero-order chi connectivity index (χ0) is 14.6. The van der Waals surface area contributed by atoms with Crippen LogP contribution in [0, 0.1) is 10.1 Å². The van der Waals surface area contributed by atoms with E-state index in [9.17, 15) is 14.9 Å². The highest BCUT2D eigenvalue weighted by Gasteiger charge is 2.21. The maximum absolute atomic E-state index is 11.6. The van der Waals surface area contributed by atoms with Crippen molar-refractivity contribution in [2.24, 2.45) is 0 Å². The fourth-order valence-corrected chi connectivity index (χ4v) is 2.19. The molecule has 104 valence electrons. The molecule has 0 saturated heterocycles. The molecule has 0 radical (unpaired) electrons. The van der Waals surface area contributed by atoms with Crippen molar-refractivity contribution < 1.29 is 14.5 Å². The molecular formula is C12H16N2O4S. The van der Waals surface area contributed by atoms with Crippen molar-refractivity contribution in [1.29, 1.82) is 0 Å². The predicted octanol–water partition coefficient (Wildman–Crippen LogP) is 2.61. The summed E-state index contributed by atoms with van der Waals surface area (Å²) in [5.41, 5.74) is 4.90. The van der Waals surface area contributed by atoms with Crippen molar-refractivity contribution in [2.45, 2.75) is 31.3 Å². The van der Waals surface area contributed by atoms with E-state index in [4.69, 9.17) is 10.5 Å². The average molecular weight is 284 g/mol. The number of esters is 1. The van der Waals surface area contributed by atoms with Gasteiger partial charge in [-0.2, -0.15) is 0 Å². The number of nitrogens with zero attached hydrogens (tertiary/aromatic N) is 1. The summed E-state index contributed by atoms with van der Waals surface area (Å²) < 4.78 is 5.13. The van der Waals surface area contributed by atoms with E-state index >= 15 is 0 Å². The van der Waals surface area contributed by atoms with Gasteiger partial charge >= 0.3 is 11.7 Å². The highest BCUT2D eigenvalue weighted by atomic mass is 32.2. The van der Waals surface area contributed by atoms with Gasteiger partial charge < -0.3 is 10.5 Å². The van der Waals surface area contributed by atoms with E-state index in [1.54, 1.807) is 32.9 Å². The molecule has 0 aliphatic heterocycles. The molecule has 0 aliphatic rings. The first kappa shape index (κ1) is 15.3. The van der Waals surface area contributed by atoms with Gasteiger partial charge in [-0.1, -0.05) is 6.07 Å². The molecule has 0 spiro atoms. The van der Waals surface area contributed by atoms with E-state index < -0.39 is 16.5 Å². The number of ether oxygens (including phenoxy) is 1. The monoisotopic (exact) mass is 284 g/mol. The number of nitrogen functional groups attached to an aromatic ring is 1. The van der Waals surface area contributed by atoms with Crippen molar-refractivity contribution in [3.05, 3.63) is 28.3 Å². The smallest absolute Gasteiger partial charge is 0.316 e. The van der Waals surface area contributed by atoms with Crippen LogP contribution >= 0.6 is 11.8 Å². The number of benzene rings is 1. The van der Waals surface area contributed by atoms with Crippen LogP contribution in [-0.4, -0.2) is 22.2 Å². The summed E-state index contributed by atoms with van der Waals surface area (Å²) in [4.78, 5) is 22.3. The van der Waals surface area contributed by atoms with Gasteiger partial charge in [0.05, 0.1) is 15.6 Å². The van der Waals surface area contributed by atoms with Gasteiger partial charge in [0, 0.05) is 0 Å². The topological polar surface area (TPSA) is 95.5 Å². The third kappa shape index (κ3) is 4.78. The van der Waals surface area contributed by atoms with Gasteiger partial charge in [0.25, 0.3) is 0 Å². The van der Waals surface area contributed by atoms with Crippen molar-refractivity contribution in [3.8, 4) is 0 Å². The number of anilines is 1. The third-order valence-electron chi connectivity index (χ3n) is 1.98. The number of carbonyl (C=O) groups excluding carboxylic acids is 1. The molecule has 0 heterocycles. The Bertz CT molecular complexity index is 497. The summed E-state index contributed by atoms with van der Waals surface area (Å²) >= 11 is 1.04. The molecule has 0 aromatic heterocycles. The molecule has 0 unspecified atom stereocenters. The number of para-hydroxylation sites is 1. The normalized spacial score (nSPS) is 11.1. The van der Waals surface area contributed by atoms with Gasteiger partial charge in [0.15, 0.2) is 0 Å². The third-order valence-corrected chi connectivity index (χ3v) is 3.00. The molecule has 1 rings (SSSR count). The van der Waals surface area contributed by atoms with E-state index in [-0.39, 0.29) is 17.1 Å². The molecule has 1 aromatic rings. The van der Waals surface area contributed by atoms with E-state index in [2.05, 4.69) is 0 Å². The maximum Gasteiger partial charge on any atom is 0.316 e. The Morgan fingerprint density at radius 1 is 1.47 bits per heavy atom. The van der Waals surface area contributed by atoms with Crippen LogP contribution in [0.5, 0.6) is 0 Å². The molecule has 0 saturated carbocycles. The first-order chi connectivity index (χ1) is 8.70. The number of hydrogen-bond donors (Lipinski definition) is 1. The lowest BCUT2D eigenvalue weighted by Gasteiger charge is -2.19. The first-order valence-corrected chi connectivity index (χ1v) is 6.57. The number of nitrogens with two attached hydrogens (primary N) is 1. The quantitative estimate of drug-likeness (QED) is 0.300.